The molecule has 1 aliphatic heterocycles. The average Bonchev–Trinajstić information content (AvgIpc) is 3.36. The number of aromatic nitrogens is 4. The molecule has 0 amide bonds. The predicted octanol–water partition coefficient (Wildman–Crippen LogP) is 3.23. The summed E-state index contributed by atoms with van der Waals surface area (Å²) in [5.41, 5.74) is 13.5. The molecule has 4 rings (SSSR count). The van der Waals surface area contributed by atoms with Crippen LogP contribution in [-0.2, 0) is 5.75 Å². The lowest BCUT2D eigenvalue weighted by Gasteiger charge is -2.14. The Kier molecular flexibility index (Phi) is 6.66. The number of anilines is 2. The first kappa shape index (κ1) is 20.8. The lowest BCUT2D eigenvalue weighted by Crippen LogP contribution is -2.25. The van der Waals surface area contributed by atoms with E-state index in [2.05, 4.69) is 26.8 Å². The summed E-state index contributed by atoms with van der Waals surface area (Å²) >= 11 is 3.13. The van der Waals surface area contributed by atoms with Gasteiger partial charge in [0.2, 0.25) is 5.88 Å². The Morgan fingerprint density at radius 2 is 1.90 bits per heavy atom. The number of nitrogens with two attached hydrogens (primary N) is 2. The summed E-state index contributed by atoms with van der Waals surface area (Å²) < 4.78 is 5.87. The van der Waals surface area contributed by atoms with Crippen molar-refractivity contribution in [3.63, 3.8) is 0 Å². The number of hydrogen-bond acceptors (Lipinski definition) is 10. The van der Waals surface area contributed by atoms with E-state index in [9.17, 15) is 0 Å². The van der Waals surface area contributed by atoms with E-state index in [1.54, 1.807) is 23.6 Å². The van der Waals surface area contributed by atoms with Gasteiger partial charge < -0.3 is 16.2 Å². The molecule has 30 heavy (non-hydrogen) atoms. The van der Waals surface area contributed by atoms with Gasteiger partial charge in [0.25, 0.3) is 0 Å². The quantitative estimate of drug-likeness (QED) is 0.400. The molecule has 0 unspecified atom stereocenters. The maximum absolute atomic E-state index is 5.87. The summed E-state index contributed by atoms with van der Waals surface area (Å²) in [6.07, 6.45) is 4.35. The van der Waals surface area contributed by atoms with Crippen LogP contribution in [0.4, 0.5) is 11.6 Å². The Labute approximate surface area is 184 Å². The highest BCUT2D eigenvalue weighted by atomic mass is 32.2. The van der Waals surface area contributed by atoms with Crippen LogP contribution in [0.1, 0.15) is 23.4 Å². The molecule has 8 nitrogen and oxygen atoms in total. The van der Waals surface area contributed by atoms with Crippen LogP contribution in [0.25, 0.3) is 10.6 Å². The summed E-state index contributed by atoms with van der Waals surface area (Å²) in [7, 11) is 0. The van der Waals surface area contributed by atoms with Gasteiger partial charge in [-0.05, 0) is 38.9 Å². The number of nitrogens with zero attached hydrogens (tertiary/aromatic N) is 5. The van der Waals surface area contributed by atoms with Crippen LogP contribution in [0.5, 0.6) is 5.88 Å². The van der Waals surface area contributed by atoms with E-state index in [0.717, 1.165) is 27.7 Å². The highest BCUT2D eigenvalue weighted by Gasteiger charge is 2.13. The number of thiazole rings is 1. The Bertz CT molecular complexity index is 984. The maximum Gasteiger partial charge on any atom is 0.213 e. The van der Waals surface area contributed by atoms with E-state index in [-0.39, 0.29) is 0 Å². The first-order chi connectivity index (χ1) is 14.6. The number of aryl methyl sites for hydroxylation is 1. The van der Waals surface area contributed by atoms with Gasteiger partial charge in [-0.1, -0.05) is 11.8 Å². The molecule has 158 valence electrons. The van der Waals surface area contributed by atoms with E-state index in [1.807, 2.05) is 12.1 Å². The molecule has 0 aromatic carbocycles. The molecule has 0 aliphatic carbocycles. The van der Waals surface area contributed by atoms with E-state index in [1.165, 1.54) is 37.7 Å². The second kappa shape index (κ2) is 9.59. The normalized spacial score (nSPS) is 14.3. The van der Waals surface area contributed by atoms with Crippen LogP contribution < -0.4 is 16.2 Å². The van der Waals surface area contributed by atoms with Crippen molar-refractivity contribution < 1.29 is 4.74 Å². The van der Waals surface area contributed by atoms with Crippen LogP contribution in [-0.4, -0.2) is 51.1 Å². The molecule has 1 fully saturated rings. The molecule has 1 saturated heterocycles. The summed E-state index contributed by atoms with van der Waals surface area (Å²) in [5.74, 6) is 2.03. The number of rotatable bonds is 8. The minimum Gasteiger partial charge on any atom is -0.476 e. The highest BCUT2D eigenvalue weighted by molar-refractivity contribution is 7.98. The summed E-state index contributed by atoms with van der Waals surface area (Å²) in [5, 5.41) is 1.50. The second-order valence-corrected chi connectivity index (χ2v) is 9.24. The monoisotopic (exact) mass is 443 g/mol. The van der Waals surface area contributed by atoms with Gasteiger partial charge in [-0.2, -0.15) is 0 Å². The van der Waals surface area contributed by atoms with Crippen LogP contribution >= 0.6 is 23.1 Å². The van der Waals surface area contributed by atoms with Crippen LogP contribution in [0.15, 0.2) is 29.6 Å². The molecule has 0 saturated carbocycles. The first-order valence-electron chi connectivity index (χ1n) is 9.87. The molecular weight excluding hydrogens is 418 g/mol. The number of thioether (sulfide) groups is 1. The molecule has 0 bridgehead atoms. The van der Waals surface area contributed by atoms with Crippen molar-refractivity contribution in [1.29, 1.82) is 0 Å². The van der Waals surface area contributed by atoms with Gasteiger partial charge in [-0.25, -0.2) is 19.9 Å². The largest absolute Gasteiger partial charge is 0.476 e. The fraction of sp³-hybridized carbons (Fsp3) is 0.400. The van der Waals surface area contributed by atoms with E-state index >= 15 is 0 Å². The third-order valence-electron chi connectivity index (χ3n) is 4.81. The maximum atomic E-state index is 5.87. The summed E-state index contributed by atoms with van der Waals surface area (Å²) in [6.45, 7) is 6.01. The first-order valence-corrected chi connectivity index (χ1v) is 11.7. The number of nitrogen functional groups attached to an aromatic ring is 2. The predicted molar refractivity (Wildman–Crippen MR) is 122 cm³/mol. The summed E-state index contributed by atoms with van der Waals surface area (Å²) in [4.78, 5) is 21.2. The zero-order valence-electron chi connectivity index (χ0n) is 16.9. The van der Waals surface area contributed by atoms with Crippen molar-refractivity contribution >= 4 is 34.7 Å². The van der Waals surface area contributed by atoms with Crippen molar-refractivity contribution in [2.75, 3.05) is 37.7 Å². The molecule has 0 radical (unpaired) electrons. The van der Waals surface area contributed by atoms with Gasteiger partial charge in [0.15, 0.2) is 5.16 Å². The van der Waals surface area contributed by atoms with Gasteiger partial charge >= 0.3 is 0 Å². The van der Waals surface area contributed by atoms with Crippen molar-refractivity contribution in [3.8, 4) is 16.5 Å². The topological polar surface area (TPSA) is 116 Å². The average molecular weight is 444 g/mol. The van der Waals surface area contributed by atoms with Gasteiger partial charge in [0, 0.05) is 41.1 Å². The zero-order chi connectivity index (χ0) is 20.9. The highest BCUT2D eigenvalue weighted by Crippen LogP contribution is 2.32. The Hall–Kier alpha value is -2.43. The van der Waals surface area contributed by atoms with Gasteiger partial charge in [0.1, 0.15) is 23.3 Å². The molecule has 3 aromatic heterocycles. The Morgan fingerprint density at radius 3 is 2.67 bits per heavy atom. The molecule has 4 heterocycles. The van der Waals surface area contributed by atoms with E-state index < -0.39 is 0 Å². The lowest BCUT2D eigenvalue weighted by molar-refractivity contribution is 0.232. The van der Waals surface area contributed by atoms with Gasteiger partial charge in [-0.15, -0.1) is 11.3 Å². The van der Waals surface area contributed by atoms with E-state index in [0.29, 0.717) is 35.0 Å². The van der Waals surface area contributed by atoms with Gasteiger partial charge in [0.05, 0.1) is 5.69 Å². The Balaban J connectivity index is 1.39. The van der Waals surface area contributed by atoms with Crippen LogP contribution in [0.3, 0.4) is 0 Å². The molecule has 3 aromatic rings. The Morgan fingerprint density at radius 1 is 1.13 bits per heavy atom. The smallest absolute Gasteiger partial charge is 0.213 e. The third kappa shape index (κ3) is 5.38. The fourth-order valence-electron chi connectivity index (χ4n) is 3.25. The van der Waals surface area contributed by atoms with Crippen molar-refractivity contribution in [3.05, 3.63) is 35.0 Å². The van der Waals surface area contributed by atoms with Crippen molar-refractivity contribution in [1.82, 2.24) is 24.8 Å². The second-order valence-electron chi connectivity index (χ2n) is 7.09. The molecule has 4 N–H and O–H groups in total. The minimum absolute atomic E-state index is 0.370. The fourth-order valence-corrected chi connectivity index (χ4v) is 5.16. The molecular formula is C20H25N7OS2. The SMILES string of the molecule is Cc1sc(-c2ccnc(OCCN3CCCC3)c2)nc1CSc1nc(N)cc(N)n1. The lowest BCUT2D eigenvalue weighted by atomic mass is 10.3. The molecule has 0 spiro atoms. The van der Waals surface area contributed by atoms with Crippen LogP contribution in [0, 0.1) is 6.92 Å². The number of pyridine rings is 1. The van der Waals surface area contributed by atoms with Crippen molar-refractivity contribution in [2.24, 2.45) is 0 Å². The zero-order valence-corrected chi connectivity index (χ0v) is 18.5. The minimum atomic E-state index is 0.370. The standard InChI is InChI=1S/C20H25N7OS2/c1-13-15(12-29-20-25-16(21)11-17(22)26-20)24-19(30-13)14-4-5-23-18(10-14)28-9-8-27-6-2-3-7-27/h4-5,10-11H,2-3,6-9,12H2,1H3,(H4,21,22,25,26). The number of hydrogen-bond donors (Lipinski definition) is 2. The van der Waals surface area contributed by atoms with Crippen LogP contribution in [0.2, 0.25) is 0 Å². The van der Waals surface area contributed by atoms with Gasteiger partial charge in [-0.3, -0.25) is 4.90 Å². The number of ether oxygens (including phenoxy) is 1. The number of likely N-dealkylation sites (tertiary alicyclic amines) is 1. The third-order valence-corrected chi connectivity index (χ3v) is 6.73. The molecule has 10 heteroatoms. The van der Waals surface area contributed by atoms with Crippen molar-refractivity contribution in [2.45, 2.75) is 30.7 Å². The summed E-state index contributed by atoms with van der Waals surface area (Å²) in [6, 6.07) is 5.47. The molecule has 0 atom stereocenters. The molecule has 1 aliphatic rings. The van der Waals surface area contributed by atoms with E-state index in [4.69, 9.17) is 21.2 Å².